The Morgan fingerprint density at radius 1 is 1.44 bits per heavy atom. The van der Waals surface area contributed by atoms with Crippen LogP contribution in [0, 0.1) is 0 Å². The molecule has 2 heterocycles. The van der Waals surface area contributed by atoms with Crippen LogP contribution in [0.2, 0.25) is 0 Å². The van der Waals surface area contributed by atoms with Crippen LogP contribution in [-0.2, 0) is 27.2 Å². The average molecular weight is 271 g/mol. The van der Waals surface area contributed by atoms with E-state index in [1.165, 1.54) is 11.3 Å². The zero-order chi connectivity index (χ0) is 12.8. The molecule has 18 heavy (non-hydrogen) atoms. The Morgan fingerprint density at radius 2 is 2.28 bits per heavy atom. The maximum absolute atomic E-state index is 10.6. The average Bonchev–Trinajstić information content (AvgIpc) is 2.77. The molecule has 5 nitrogen and oxygen atoms in total. The number of ether oxygens (including phenoxy) is 2. The first kappa shape index (κ1) is 13.5. The van der Waals surface area contributed by atoms with Gasteiger partial charge in [-0.3, -0.25) is 4.79 Å². The van der Waals surface area contributed by atoms with Gasteiger partial charge in [-0.1, -0.05) is 0 Å². The van der Waals surface area contributed by atoms with Gasteiger partial charge in [0.2, 0.25) is 0 Å². The monoisotopic (exact) mass is 271 g/mol. The van der Waals surface area contributed by atoms with Crippen molar-refractivity contribution >= 4 is 17.3 Å². The summed E-state index contributed by atoms with van der Waals surface area (Å²) in [6, 6.07) is 3.84. The molecule has 0 bridgehead atoms. The lowest BCUT2D eigenvalue weighted by molar-refractivity contribution is -0.136. The first-order valence-corrected chi connectivity index (χ1v) is 6.75. The molecule has 0 saturated carbocycles. The number of thiophene rings is 1. The Labute approximate surface area is 110 Å². The fraction of sp³-hybridized carbons (Fsp3) is 0.583. The number of carboxylic acid groups (broad SMARTS) is 1. The predicted octanol–water partition coefficient (Wildman–Crippen LogP) is 0.880. The summed E-state index contributed by atoms with van der Waals surface area (Å²) in [6.07, 6.45) is 0.224. The minimum atomic E-state index is -0.788. The summed E-state index contributed by atoms with van der Waals surface area (Å²) in [5.74, 6) is -0.788. The Morgan fingerprint density at radius 3 is 3.00 bits per heavy atom. The molecule has 1 saturated heterocycles. The summed E-state index contributed by atoms with van der Waals surface area (Å²) >= 11 is 1.53. The lowest BCUT2D eigenvalue weighted by Gasteiger charge is -2.23. The van der Waals surface area contributed by atoms with Gasteiger partial charge < -0.3 is 19.9 Å². The van der Waals surface area contributed by atoms with Gasteiger partial charge >= 0.3 is 5.97 Å². The van der Waals surface area contributed by atoms with Gasteiger partial charge in [0, 0.05) is 22.8 Å². The van der Waals surface area contributed by atoms with E-state index in [0.29, 0.717) is 19.8 Å². The van der Waals surface area contributed by atoms with Crippen molar-refractivity contribution in [3.8, 4) is 0 Å². The van der Waals surface area contributed by atoms with E-state index in [4.69, 9.17) is 14.6 Å². The highest BCUT2D eigenvalue weighted by atomic mass is 32.1. The maximum Gasteiger partial charge on any atom is 0.308 e. The normalized spacial score (nSPS) is 19.9. The maximum atomic E-state index is 10.6. The quantitative estimate of drug-likeness (QED) is 0.804. The Kier molecular flexibility index (Phi) is 5.12. The van der Waals surface area contributed by atoms with Gasteiger partial charge in [-0.15, -0.1) is 11.3 Å². The van der Waals surface area contributed by atoms with Crippen LogP contribution >= 0.6 is 11.3 Å². The smallest absolute Gasteiger partial charge is 0.308 e. The van der Waals surface area contributed by atoms with Crippen molar-refractivity contribution in [1.82, 2.24) is 5.32 Å². The summed E-state index contributed by atoms with van der Waals surface area (Å²) in [5, 5.41) is 12.0. The first-order chi connectivity index (χ1) is 8.74. The molecule has 0 aromatic carbocycles. The van der Waals surface area contributed by atoms with E-state index in [1.807, 2.05) is 12.1 Å². The van der Waals surface area contributed by atoms with Crippen LogP contribution in [0.1, 0.15) is 9.75 Å². The largest absolute Gasteiger partial charge is 0.481 e. The molecule has 0 radical (unpaired) electrons. The Bertz CT molecular complexity index is 387. The van der Waals surface area contributed by atoms with Crippen LogP contribution < -0.4 is 5.32 Å². The van der Waals surface area contributed by atoms with Crippen molar-refractivity contribution in [2.75, 3.05) is 26.4 Å². The first-order valence-electron chi connectivity index (χ1n) is 5.93. The Balaban J connectivity index is 1.69. The molecule has 1 unspecified atom stereocenters. The van der Waals surface area contributed by atoms with E-state index in [0.717, 1.165) is 22.8 Å². The minimum Gasteiger partial charge on any atom is -0.481 e. The molecule has 0 aliphatic carbocycles. The van der Waals surface area contributed by atoms with Crippen LogP contribution in [-0.4, -0.2) is 43.5 Å². The summed E-state index contributed by atoms with van der Waals surface area (Å²) in [7, 11) is 0. The summed E-state index contributed by atoms with van der Waals surface area (Å²) < 4.78 is 10.8. The van der Waals surface area contributed by atoms with Gasteiger partial charge in [0.1, 0.15) is 0 Å². The molecule has 1 fully saturated rings. The number of carboxylic acids is 1. The van der Waals surface area contributed by atoms with Gasteiger partial charge in [0.15, 0.2) is 0 Å². The number of hydrogen-bond donors (Lipinski definition) is 2. The fourth-order valence-electron chi connectivity index (χ4n) is 1.77. The standard InChI is InChI=1S/C12H17NO4S/c14-12(15)5-10-1-2-11(18-10)7-13-6-9-8-16-3-4-17-9/h1-2,9,13H,3-8H2,(H,14,15). The predicted molar refractivity (Wildman–Crippen MR) is 67.9 cm³/mol. The highest BCUT2D eigenvalue weighted by molar-refractivity contribution is 7.12. The third-order valence-electron chi connectivity index (χ3n) is 2.60. The number of carbonyl (C=O) groups is 1. The highest BCUT2D eigenvalue weighted by Crippen LogP contribution is 2.16. The molecule has 1 aliphatic heterocycles. The van der Waals surface area contributed by atoms with Gasteiger partial charge in [0.25, 0.3) is 0 Å². The van der Waals surface area contributed by atoms with Crippen molar-refractivity contribution in [2.24, 2.45) is 0 Å². The number of rotatable bonds is 6. The van der Waals surface area contributed by atoms with E-state index < -0.39 is 5.97 Å². The third kappa shape index (κ3) is 4.38. The van der Waals surface area contributed by atoms with Crippen molar-refractivity contribution in [3.63, 3.8) is 0 Å². The molecule has 1 atom stereocenters. The van der Waals surface area contributed by atoms with Crippen LogP contribution in [0.25, 0.3) is 0 Å². The SMILES string of the molecule is O=C(O)Cc1ccc(CNCC2COCCO2)s1. The molecule has 100 valence electrons. The molecule has 1 aromatic rings. The highest BCUT2D eigenvalue weighted by Gasteiger charge is 2.13. The zero-order valence-corrected chi connectivity index (χ0v) is 10.9. The Hall–Kier alpha value is -0.950. The number of hydrogen-bond acceptors (Lipinski definition) is 5. The molecule has 1 aromatic heterocycles. The van der Waals surface area contributed by atoms with Crippen LogP contribution in [0.5, 0.6) is 0 Å². The van der Waals surface area contributed by atoms with Gasteiger partial charge in [-0.2, -0.15) is 0 Å². The van der Waals surface area contributed by atoms with Gasteiger partial charge in [-0.25, -0.2) is 0 Å². The lowest BCUT2D eigenvalue weighted by Crippen LogP contribution is -2.37. The van der Waals surface area contributed by atoms with Crippen LogP contribution in [0.15, 0.2) is 12.1 Å². The number of aliphatic carboxylic acids is 1. The second-order valence-corrected chi connectivity index (χ2v) is 5.39. The zero-order valence-electron chi connectivity index (χ0n) is 10.1. The minimum absolute atomic E-state index is 0.101. The van der Waals surface area contributed by atoms with Gasteiger partial charge in [-0.05, 0) is 12.1 Å². The van der Waals surface area contributed by atoms with Crippen molar-refractivity contribution in [2.45, 2.75) is 19.1 Å². The summed E-state index contributed by atoms with van der Waals surface area (Å²) in [5.41, 5.74) is 0. The van der Waals surface area contributed by atoms with Crippen LogP contribution in [0.3, 0.4) is 0 Å². The molecule has 1 aliphatic rings. The van der Waals surface area contributed by atoms with Crippen molar-refractivity contribution in [1.29, 1.82) is 0 Å². The fourth-order valence-corrected chi connectivity index (χ4v) is 2.75. The second kappa shape index (κ2) is 6.84. The molecular weight excluding hydrogens is 254 g/mol. The summed E-state index contributed by atoms with van der Waals surface area (Å²) in [6.45, 7) is 3.48. The van der Waals surface area contributed by atoms with Crippen molar-refractivity contribution < 1.29 is 19.4 Å². The van der Waals surface area contributed by atoms with E-state index in [2.05, 4.69) is 5.32 Å². The second-order valence-electron chi connectivity index (χ2n) is 4.14. The lowest BCUT2D eigenvalue weighted by atomic mass is 10.3. The third-order valence-corrected chi connectivity index (χ3v) is 3.68. The molecular formula is C12H17NO4S. The van der Waals surface area contributed by atoms with E-state index in [1.54, 1.807) is 0 Å². The van der Waals surface area contributed by atoms with E-state index in [-0.39, 0.29) is 12.5 Å². The molecule has 6 heteroatoms. The van der Waals surface area contributed by atoms with E-state index >= 15 is 0 Å². The summed E-state index contributed by atoms with van der Waals surface area (Å²) in [4.78, 5) is 12.6. The van der Waals surface area contributed by atoms with Gasteiger partial charge in [0.05, 0.1) is 32.3 Å². The molecule has 2 N–H and O–H groups in total. The van der Waals surface area contributed by atoms with Crippen LogP contribution in [0.4, 0.5) is 0 Å². The molecule has 2 rings (SSSR count). The van der Waals surface area contributed by atoms with E-state index in [9.17, 15) is 4.79 Å². The number of nitrogens with one attached hydrogen (secondary N) is 1. The molecule has 0 amide bonds. The van der Waals surface area contributed by atoms with Crippen molar-refractivity contribution in [3.05, 3.63) is 21.9 Å². The topological polar surface area (TPSA) is 67.8 Å². The molecule has 0 spiro atoms.